The Balaban J connectivity index is 2.62. The highest BCUT2D eigenvalue weighted by molar-refractivity contribution is 5.96. The minimum atomic E-state index is -1.22. The predicted molar refractivity (Wildman–Crippen MR) is 66.4 cm³/mol. The first-order valence-electron chi connectivity index (χ1n) is 5.29. The van der Waals surface area contributed by atoms with E-state index in [1.165, 1.54) is 36.5 Å². The molecular formula is C13H9NO5. The number of carboxylic acid groups (broad SMARTS) is 2. The van der Waals surface area contributed by atoms with Gasteiger partial charge >= 0.3 is 11.9 Å². The lowest BCUT2D eigenvalue weighted by Crippen LogP contribution is -2.14. The normalized spacial score (nSPS) is 10.1. The van der Waals surface area contributed by atoms with Crippen molar-refractivity contribution in [2.24, 2.45) is 0 Å². The smallest absolute Gasteiger partial charge is 0.336 e. The number of H-pyrrole nitrogens is 1. The van der Waals surface area contributed by atoms with Crippen LogP contribution in [0.25, 0.3) is 11.1 Å². The Bertz CT molecular complexity index is 700. The van der Waals surface area contributed by atoms with Crippen molar-refractivity contribution in [1.29, 1.82) is 0 Å². The molecule has 1 aromatic heterocycles. The first-order valence-corrected chi connectivity index (χ1v) is 5.29. The summed E-state index contributed by atoms with van der Waals surface area (Å²) in [5, 5.41) is 17.8. The second-order valence-electron chi connectivity index (χ2n) is 3.78. The Morgan fingerprint density at radius 2 is 1.58 bits per heavy atom. The summed E-state index contributed by atoms with van der Waals surface area (Å²) < 4.78 is 0. The standard InChI is InChI=1S/C13H9NO5/c15-11-10(9(13(18)19)5-6-14-11)7-1-3-8(4-2-7)12(16)17/h1-6H,(H,14,15)(H,16,17)(H,18,19). The van der Waals surface area contributed by atoms with E-state index in [4.69, 9.17) is 10.2 Å². The van der Waals surface area contributed by atoms with Gasteiger partial charge in [0.1, 0.15) is 0 Å². The third-order valence-corrected chi connectivity index (χ3v) is 2.61. The minimum absolute atomic E-state index is 0.00642. The van der Waals surface area contributed by atoms with E-state index < -0.39 is 17.5 Å². The number of benzene rings is 1. The van der Waals surface area contributed by atoms with Crippen molar-refractivity contribution in [3.05, 3.63) is 58.0 Å². The van der Waals surface area contributed by atoms with Gasteiger partial charge in [-0.15, -0.1) is 0 Å². The molecule has 0 bridgehead atoms. The zero-order valence-corrected chi connectivity index (χ0v) is 9.58. The van der Waals surface area contributed by atoms with Crippen molar-refractivity contribution in [3.8, 4) is 11.1 Å². The molecule has 96 valence electrons. The lowest BCUT2D eigenvalue weighted by atomic mass is 10.0. The van der Waals surface area contributed by atoms with Gasteiger partial charge in [0.2, 0.25) is 0 Å². The molecule has 19 heavy (non-hydrogen) atoms. The SMILES string of the molecule is O=C(O)c1ccc(-c2c(C(=O)O)cc[nH]c2=O)cc1. The molecule has 0 aliphatic rings. The highest BCUT2D eigenvalue weighted by Gasteiger charge is 2.15. The molecule has 2 aromatic rings. The Hall–Kier alpha value is -2.89. The van der Waals surface area contributed by atoms with Crippen molar-refractivity contribution < 1.29 is 19.8 Å². The summed E-state index contributed by atoms with van der Waals surface area (Å²) in [5.74, 6) is -2.31. The summed E-state index contributed by atoms with van der Waals surface area (Å²) >= 11 is 0. The van der Waals surface area contributed by atoms with E-state index in [0.29, 0.717) is 5.56 Å². The number of aromatic amines is 1. The van der Waals surface area contributed by atoms with Crippen molar-refractivity contribution in [1.82, 2.24) is 4.98 Å². The lowest BCUT2D eigenvalue weighted by molar-refractivity contribution is 0.0686. The van der Waals surface area contributed by atoms with E-state index in [1.54, 1.807) is 0 Å². The summed E-state index contributed by atoms with van der Waals surface area (Å²) in [7, 11) is 0. The molecule has 0 radical (unpaired) electrons. The number of carbonyl (C=O) groups is 2. The fraction of sp³-hybridized carbons (Fsp3) is 0. The zero-order chi connectivity index (χ0) is 14.0. The number of carboxylic acids is 2. The van der Waals surface area contributed by atoms with Crippen LogP contribution < -0.4 is 5.56 Å². The van der Waals surface area contributed by atoms with Crippen LogP contribution in [-0.2, 0) is 0 Å². The number of pyridine rings is 1. The third-order valence-electron chi connectivity index (χ3n) is 2.61. The summed E-state index contributed by atoms with van der Waals surface area (Å²) in [6.07, 6.45) is 1.25. The Kier molecular flexibility index (Phi) is 3.15. The van der Waals surface area contributed by atoms with Gasteiger partial charge in [0.05, 0.1) is 16.7 Å². The highest BCUT2D eigenvalue weighted by Crippen LogP contribution is 2.20. The van der Waals surface area contributed by atoms with Crippen LogP contribution in [0.3, 0.4) is 0 Å². The maximum Gasteiger partial charge on any atom is 0.336 e. The minimum Gasteiger partial charge on any atom is -0.478 e. The van der Waals surface area contributed by atoms with Gasteiger partial charge in [0.25, 0.3) is 5.56 Å². The molecule has 0 amide bonds. The van der Waals surface area contributed by atoms with Crippen LogP contribution in [0.1, 0.15) is 20.7 Å². The van der Waals surface area contributed by atoms with E-state index in [1.807, 2.05) is 0 Å². The van der Waals surface area contributed by atoms with Gasteiger partial charge in [-0.25, -0.2) is 9.59 Å². The highest BCUT2D eigenvalue weighted by atomic mass is 16.4. The molecule has 0 fully saturated rings. The average Bonchev–Trinajstić information content (AvgIpc) is 2.38. The number of nitrogens with one attached hydrogen (secondary N) is 1. The Labute approximate surface area is 107 Å². The molecule has 0 saturated heterocycles. The van der Waals surface area contributed by atoms with Gasteiger partial charge in [-0.2, -0.15) is 0 Å². The molecule has 0 atom stereocenters. The van der Waals surface area contributed by atoms with Gasteiger partial charge in [-0.05, 0) is 23.8 Å². The summed E-state index contributed by atoms with van der Waals surface area (Å²) in [6.45, 7) is 0. The topological polar surface area (TPSA) is 107 Å². The van der Waals surface area contributed by atoms with Gasteiger partial charge in [-0.1, -0.05) is 12.1 Å². The second-order valence-corrected chi connectivity index (χ2v) is 3.78. The third kappa shape index (κ3) is 2.37. The van der Waals surface area contributed by atoms with Crippen LogP contribution in [0.4, 0.5) is 0 Å². The largest absolute Gasteiger partial charge is 0.478 e. The van der Waals surface area contributed by atoms with E-state index in [9.17, 15) is 14.4 Å². The maximum absolute atomic E-state index is 11.7. The Morgan fingerprint density at radius 1 is 0.947 bits per heavy atom. The number of aromatic nitrogens is 1. The fourth-order valence-electron chi connectivity index (χ4n) is 1.72. The van der Waals surface area contributed by atoms with E-state index in [2.05, 4.69) is 4.98 Å². The predicted octanol–water partition coefficient (Wildman–Crippen LogP) is 1.44. The first-order chi connectivity index (χ1) is 9.00. The van der Waals surface area contributed by atoms with Crippen LogP contribution in [0, 0.1) is 0 Å². The van der Waals surface area contributed by atoms with Crippen LogP contribution in [0.15, 0.2) is 41.3 Å². The van der Waals surface area contributed by atoms with Crippen molar-refractivity contribution in [3.63, 3.8) is 0 Å². The van der Waals surface area contributed by atoms with Crippen molar-refractivity contribution in [2.45, 2.75) is 0 Å². The first kappa shape index (κ1) is 12.6. The van der Waals surface area contributed by atoms with Gasteiger partial charge < -0.3 is 15.2 Å². The fourth-order valence-corrected chi connectivity index (χ4v) is 1.72. The Morgan fingerprint density at radius 3 is 2.11 bits per heavy atom. The summed E-state index contributed by atoms with van der Waals surface area (Å²) in [4.78, 5) is 35.9. The molecule has 3 N–H and O–H groups in total. The molecule has 0 aliphatic carbocycles. The average molecular weight is 259 g/mol. The maximum atomic E-state index is 11.7. The van der Waals surface area contributed by atoms with E-state index >= 15 is 0 Å². The molecule has 0 aliphatic heterocycles. The quantitative estimate of drug-likeness (QED) is 0.773. The van der Waals surface area contributed by atoms with Crippen LogP contribution in [0.5, 0.6) is 0 Å². The van der Waals surface area contributed by atoms with Gasteiger partial charge in [0.15, 0.2) is 0 Å². The van der Waals surface area contributed by atoms with Crippen LogP contribution >= 0.6 is 0 Å². The summed E-state index contributed by atoms with van der Waals surface area (Å²) in [5.41, 5.74) is -0.251. The zero-order valence-electron chi connectivity index (χ0n) is 9.58. The number of aromatic carboxylic acids is 2. The molecule has 1 heterocycles. The van der Waals surface area contributed by atoms with Crippen molar-refractivity contribution in [2.75, 3.05) is 0 Å². The van der Waals surface area contributed by atoms with Crippen LogP contribution in [-0.4, -0.2) is 27.1 Å². The van der Waals surface area contributed by atoms with Gasteiger partial charge in [-0.3, -0.25) is 4.79 Å². The van der Waals surface area contributed by atoms with E-state index in [0.717, 1.165) is 0 Å². The van der Waals surface area contributed by atoms with Crippen molar-refractivity contribution >= 4 is 11.9 Å². The number of hydrogen-bond donors (Lipinski definition) is 3. The lowest BCUT2D eigenvalue weighted by Gasteiger charge is -2.05. The molecule has 0 unspecified atom stereocenters. The number of rotatable bonds is 3. The molecule has 2 rings (SSSR count). The van der Waals surface area contributed by atoms with Crippen LogP contribution in [0.2, 0.25) is 0 Å². The monoisotopic (exact) mass is 259 g/mol. The molecule has 1 aromatic carbocycles. The number of hydrogen-bond acceptors (Lipinski definition) is 3. The van der Waals surface area contributed by atoms with Gasteiger partial charge in [0, 0.05) is 6.20 Å². The molecule has 6 nitrogen and oxygen atoms in total. The second kappa shape index (κ2) is 4.77. The molecule has 0 saturated carbocycles. The van der Waals surface area contributed by atoms with E-state index in [-0.39, 0.29) is 16.7 Å². The molecule has 0 spiro atoms. The molecular weight excluding hydrogens is 250 g/mol. The molecule has 6 heteroatoms. The summed E-state index contributed by atoms with van der Waals surface area (Å²) in [6, 6.07) is 6.72.